The standard InChI is InChI=1S/C23H26F3N3O2/c1-15(18-6-2-4-8-20(18)23(24,25)26)27-10-11-28-17(13-22(30)31)12-16-14-29-21-9-5-3-7-19(16)21/h2-9,14-15,17,27-29H,10-13H2,1H3,(H,30,31)/t15?,17-/m0/s1. The molecule has 0 saturated carbocycles. The van der Waals surface area contributed by atoms with Crippen LogP contribution in [0.2, 0.25) is 0 Å². The average Bonchev–Trinajstić information content (AvgIpc) is 3.13. The topological polar surface area (TPSA) is 77.2 Å². The van der Waals surface area contributed by atoms with Crippen LogP contribution in [0, 0.1) is 0 Å². The van der Waals surface area contributed by atoms with Gasteiger partial charge in [0.15, 0.2) is 0 Å². The van der Waals surface area contributed by atoms with E-state index in [-0.39, 0.29) is 18.0 Å². The highest BCUT2D eigenvalue weighted by Crippen LogP contribution is 2.34. The van der Waals surface area contributed by atoms with Crippen LogP contribution >= 0.6 is 0 Å². The Morgan fingerprint density at radius 1 is 1.06 bits per heavy atom. The Labute approximate surface area is 178 Å². The van der Waals surface area contributed by atoms with Crippen molar-refractivity contribution in [2.24, 2.45) is 0 Å². The molecule has 0 saturated heterocycles. The van der Waals surface area contributed by atoms with Crippen LogP contribution in [0.3, 0.4) is 0 Å². The number of aromatic nitrogens is 1. The maximum Gasteiger partial charge on any atom is 0.416 e. The molecule has 0 radical (unpaired) electrons. The molecular formula is C23H26F3N3O2. The van der Waals surface area contributed by atoms with Gasteiger partial charge >= 0.3 is 12.1 Å². The SMILES string of the molecule is CC(NCCN[C@H](CC(=O)O)Cc1c[nH]c2ccccc12)c1ccccc1C(F)(F)F. The molecule has 0 fully saturated rings. The van der Waals surface area contributed by atoms with E-state index in [1.807, 2.05) is 30.5 Å². The molecule has 1 heterocycles. The molecule has 3 aromatic rings. The van der Waals surface area contributed by atoms with E-state index < -0.39 is 23.8 Å². The summed E-state index contributed by atoms with van der Waals surface area (Å²) in [6.07, 6.45) is -2.04. The van der Waals surface area contributed by atoms with Gasteiger partial charge in [-0.25, -0.2) is 0 Å². The molecule has 0 aliphatic rings. The minimum atomic E-state index is -4.41. The highest BCUT2D eigenvalue weighted by atomic mass is 19.4. The number of alkyl halides is 3. The van der Waals surface area contributed by atoms with Gasteiger partial charge in [-0.1, -0.05) is 36.4 Å². The lowest BCUT2D eigenvalue weighted by molar-refractivity contribution is -0.139. The second kappa shape index (κ2) is 9.98. The third-order valence-corrected chi connectivity index (χ3v) is 5.30. The normalized spacial score (nSPS) is 13.9. The van der Waals surface area contributed by atoms with Crippen LogP contribution in [0.4, 0.5) is 13.2 Å². The van der Waals surface area contributed by atoms with E-state index in [2.05, 4.69) is 15.6 Å². The minimum Gasteiger partial charge on any atom is -0.481 e. The molecule has 0 aliphatic heterocycles. The maximum absolute atomic E-state index is 13.2. The van der Waals surface area contributed by atoms with Gasteiger partial charge in [-0.05, 0) is 36.6 Å². The lowest BCUT2D eigenvalue weighted by Crippen LogP contribution is -2.38. The van der Waals surface area contributed by atoms with E-state index in [1.165, 1.54) is 12.1 Å². The van der Waals surface area contributed by atoms with E-state index >= 15 is 0 Å². The van der Waals surface area contributed by atoms with E-state index in [0.29, 0.717) is 19.5 Å². The van der Waals surface area contributed by atoms with Gasteiger partial charge in [0.1, 0.15) is 0 Å². The van der Waals surface area contributed by atoms with Crippen LogP contribution < -0.4 is 10.6 Å². The molecule has 1 unspecified atom stereocenters. The number of carboxylic acids is 1. The van der Waals surface area contributed by atoms with Gasteiger partial charge in [0.25, 0.3) is 0 Å². The summed E-state index contributed by atoms with van der Waals surface area (Å²) in [5.41, 5.74) is 1.56. The van der Waals surface area contributed by atoms with Gasteiger partial charge in [-0.15, -0.1) is 0 Å². The number of hydrogen-bond acceptors (Lipinski definition) is 3. The molecule has 0 amide bonds. The number of aromatic amines is 1. The number of H-pyrrole nitrogens is 1. The van der Waals surface area contributed by atoms with Crippen LogP contribution in [0.5, 0.6) is 0 Å². The molecule has 166 valence electrons. The first-order valence-corrected chi connectivity index (χ1v) is 10.2. The number of fused-ring (bicyclic) bond motifs is 1. The summed E-state index contributed by atoms with van der Waals surface area (Å²) in [6.45, 7) is 2.52. The van der Waals surface area contributed by atoms with Gasteiger partial charge in [-0.3, -0.25) is 4.79 Å². The number of nitrogens with one attached hydrogen (secondary N) is 3. The smallest absolute Gasteiger partial charge is 0.416 e. The van der Waals surface area contributed by atoms with Crippen molar-refractivity contribution >= 4 is 16.9 Å². The van der Waals surface area contributed by atoms with Crippen molar-refractivity contribution in [3.63, 3.8) is 0 Å². The number of hydrogen-bond donors (Lipinski definition) is 4. The number of benzene rings is 2. The Balaban J connectivity index is 1.57. The van der Waals surface area contributed by atoms with Crippen LogP contribution in [-0.2, 0) is 17.4 Å². The van der Waals surface area contributed by atoms with Gasteiger partial charge in [0.05, 0.1) is 12.0 Å². The van der Waals surface area contributed by atoms with Crippen molar-refractivity contribution in [3.8, 4) is 0 Å². The first-order valence-electron chi connectivity index (χ1n) is 10.2. The molecule has 8 heteroatoms. The lowest BCUT2D eigenvalue weighted by Gasteiger charge is -2.21. The number of carbonyl (C=O) groups is 1. The number of halogens is 3. The van der Waals surface area contributed by atoms with Crippen LogP contribution in [0.15, 0.2) is 54.7 Å². The van der Waals surface area contributed by atoms with Crippen LogP contribution in [-0.4, -0.2) is 35.2 Å². The zero-order valence-corrected chi connectivity index (χ0v) is 17.2. The second-order valence-corrected chi connectivity index (χ2v) is 7.57. The maximum atomic E-state index is 13.2. The summed E-state index contributed by atoms with van der Waals surface area (Å²) >= 11 is 0. The van der Waals surface area contributed by atoms with E-state index in [4.69, 9.17) is 0 Å². The summed E-state index contributed by atoms with van der Waals surface area (Å²) in [7, 11) is 0. The molecule has 5 nitrogen and oxygen atoms in total. The highest BCUT2D eigenvalue weighted by Gasteiger charge is 2.34. The first kappa shape index (κ1) is 22.8. The fourth-order valence-corrected chi connectivity index (χ4v) is 3.80. The third kappa shape index (κ3) is 6.08. The molecule has 1 aromatic heterocycles. The zero-order valence-electron chi connectivity index (χ0n) is 17.2. The monoisotopic (exact) mass is 433 g/mol. The molecule has 4 N–H and O–H groups in total. The third-order valence-electron chi connectivity index (χ3n) is 5.30. The Bertz CT molecular complexity index is 1020. The molecule has 31 heavy (non-hydrogen) atoms. The molecule has 0 bridgehead atoms. The highest BCUT2D eigenvalue weighted by molar-refractivity contribution is 5.83. The molecule has 2 aromatic carbocycles. The van der Waals surface area contributed by atoms with Crippen molar-refractivity contribution in [3.05, 3.63) is 71.4 Å². The van der Waals surface area contributed by atoms with Crippen molar-refractivity contribution in [2.75, 3.05) is 13.1 Å². The number of aliphatic carboxylic acids is 1. The summed E-state index contributed by atoms with van der Waals surface area (Å²) in [5, 5.41) is 16.6. The van der Waals surface area contributed by atoms with Gasteiger partial charge in [0.2, 0.25) is 0 Å². The summed E-state index contributed by atoms with van der Waals surface area (Å²) < 4.78 is 39.7. The average molecular weight is 433 g/mol. The Morgan fingerprint density at radius 2 is 1.74 bits per heavy atom. The molecule has 0 aliphatic carbocycles. The predicted octanol–water partition coefficient (Wildman–Crippen LogP) is 4.51. The Morgan fingerprint density at radius 3 is 2.48 bits per heavy atom. The predicted molar refractivity (Wildman–Crippen MR) is 114 cm³/mol. The first-order chi connectivity index (χ1) is 14.8. The number of rotatable bonds is 10. The van der Waals surface area contributed by atoms with E-state index in [9.17, 15) is 23.1 Å². The lowest BCUT2D eigenvalue weighted by atomic mass is 10.0. The van der Waals surface area contributed by atoms with Gasteiger partial charge in [0, 0.05) is 42.3 Å². The summed E-state index contributed by atoms with van der Waals surface area (Å²) in [4.78, 5) is 14.5. The van der Waals surface area contributed by atoms with Gasteiger partial charge < -0.3 is 20.7 Å². The molecule has 2 atom stereocenters. The Kier molecular flexibility index (Phi) is 7.35. The quantitative estimate of drug-likeness (QED) is 0.355. The van der Waals surface area contributed by atoms with Crippen molar-refractivity contribution in [2.45, 2.75) is 38.0 Å². The second-order valence-electron chi connectivity index (χ2n) is 7.57. The molecule has 0 spiro atoms. The molecule has 3 rings (SSSR count). The summed E-state index contributed by atoms with van der Waals surface area (Å²) in [5.74, 6) is -0.905. The van der Waals surface area contributed by atoms with Crippen LogP contribution in [0.1, 0.15) is 36.1 Å². The fraction of sp³-hybridized carbons (Fsp3) is 0.348. The number of carboxylic acid groups (broad SMARTS) is 1. The van der Waals surface area contributed by atoms with Gasteiger partial charge in [-0.2, -0.15) is 13.2 Å². The van der Waals surface area contributed by atoms with Crippen molar-refractivity contribution in [1.29, 1.82) is 0 Å². The fourth-order valence-electron chi connectivity index (χ4n) is 3.80. The van der Waals surface area contributed by atoms with Crippen molar-refractivity contribution < 1.29 is 23.1 Å². The molecular weight excluding hydrogens is 407 g/mol. The van der Waals surface area contributed by atoms with E-state index in [1.54, 1.807) is 13.0 Å². The van der Waals surface area contributed by atoms with Crippen LogP contribution in [0.25, 0.3) is 10.9 Å². The van der Waals surface area contributed by atoms with E-state index in [0.717, 1.165) is 22.5 Å². The summed E-state index contributed by atoms with van der Waals surface area (Å²) in [6, 6.07) is 12.5. The minimum absolute atomic E-state index is 0.0496. The largest absolute Gasteiger partial charge is 0.481 e. The number of para-hydroxylation sites is 1. The Hall–Kier alpha value is -2.84. The zero-order chi connectivity index (χ0) is 22.4. The van der Waals surface area contributed by atoms with Crippen molar-refractivity contribution in [1.82, 2.24) is 15.6 Å².